The first kappa shape index (κ1) is 19.7. The molecule has 10 heteroatoms. The van der Waals surface area contributed by atoms with E-state index in [4.69, 9.17) is 16.3 Å². The number of benzene rings is 1. The number of halogens is 1. The van der Waals surface area contributed by atoms with Crippen molar-refractivity contribution >= 4 is 40.6 Å². The fourth-order valence-corrected chi connectivity index (χ4v) is 4.35. The van der Waals surface area contributed by atoms with Gasteiger partial charge >= 0.3 is 0 Å². The van der Waals surface area contributed by atoms with Gasteiger partial charge in [-0.3, -0.25) is 4.79 Å². The Bertz CT molecular complexity index is 943. The molecule has 0 saturated carbocycles. The topological polar surface area (TPSA) is 73.1 Å². The molecule has 142 valence electrons. The van der Waals surface area contributed by atoms with Crippen molar-refractivity contribution in [2.75, 3.05) is 19.9 Å². The van der Waals surface area contributed by atoms with Gasteiger partial charge in [0.25, 0.3) is 0 Å². The maximum absolute atomic E-state index is 12.4. The summed E-state index contributed by atoms with van der Waals surface area (Å²) in [5.74, 6) is 0.868. The quantitative estimate of drug-likeness (QED) is 0.542. The smallest absolute Gasteiger partial charge is 0.233 e. The molecule has 0 N–H and O–H groups in total. The number of amides is 1. The normalized spacial score (nSPS) is 10.8. The minimum Gasteiger partial charge on any atom is -0.494 e. The Morgan fingerprint density at radius 1 is 1.37 bits per heavy atom. The van der Waals surface area contributed by atoms with Gasteiger partial charge < -0.3 is 9.64 Å². The highest BCUT2D eigenvalue weighted by molar-refractivity contribution is 7.99. The number of carbonyl (C=O) groups excluding carboxylic acids is 1. The molecule has 0 aliphatic heterocycles. The SMILES string of the molecule is COc1ccc(C)cc1-n1nnnc1SCC(=O)N(C)Cc1ccc(Cl)s1. The van der Waals surface area contributed by atoms with Gasteiger partial charge in [0.1, 0.15) is 11.4 Å². The Morgan fingerprint density at radius 2 is 2.19 bits per heavy atom. The highest BCUT2D eigenvalue weighted by Crippen LogP contribution is 2.27. The van der Waals surface area contributed by atoms with Crippen LogP contribution in [0.15, 0.2) is 35.5 Å². The van der Waals surface area contributed by atoms with Crippen molar-refractivity contribution in [3.05, 3.63) is 45.1 Å². The van der Waals surface area contributed by atoms with Crippen LogP contribution in [0.1, 0.15) is 10.4 Å². The molecular weight excluding hydrogens is 406 g/mol. The Balaban J connectivity index is 1.68. The molecule has 0 fully saturated rings. The summed E-state index contributed by atoms with van der Waals surface area (Å²) in [5.41, 5.74) is 1.79. The van der Waals surface area contributed by atoms with Crippen LogP contribution in [0.2, 0.25) is 4.34 Å². The Hall–Kier alpha value is -2.10. The molecule has 3 rings (SSSR count). The molecule has 1 aromatic carbocycles. The second-order valence-electron chi connectivity index (χ2n) is 5.79. The minimum atomic E-state index is -0.0183. The van der Waals surface area contributed by atoms with E-state index in [-0.39, 0.29) is 11.7 Å². The number of thioether (sulfide) groups is 1. The predicted octanol–water partition coefficient (Wildman–Crippen LogP) is 3.44. The van der Waals surface area contributed by atoms with Crippen LogP contribution >= 0.6 is 34.7 Å². The number of nitrogens with zero attached hydrogens (tertiary/aromatic N) is 5. The van der Waals surface area contributed by atoms with Gasteiger partial charge in [0.15, 0.2) is 0 Å². The lowest BCUT2D eigenvalue weighted by Gasteiger charge is -2.16. The number of tetrazole rings is 1. The molecule has 7 nitrogen and oxygen atoms in total. The molecule has 0 atom stereocenters. The summed E-state index contributed by atoms with van der Waals surface area (Å²) in [4.78, 5) is 15.1. The van der Waals surface area contributed by atoms with Gasteiger partial charge in [-0.2, -0.15) is 4.68 Å². The first-order valence-electron chi connectivity index (χ1n) is 8.02. The molecule has 0 saturated heterocycles. The molecule has 2 aromatic heterocycles. The zero-order valence-corrected chi connectivity index (χ0v) is 17.4. The van der Waals surface area contributed by atoms with Crippen molar-refractivity contribution < 1.29 is 9.53 Å². The first-order valence-corrected chi connectivity index (χ1v) is 10.2. The second-order valence-corrected chi connectivity index (χ2v) is 8.53. The number of carbonyl (C=O) groups is 1. The number of methoxy groups -OCH3 is 1. The average Bonchev–Trinajstić information content (AvgIpc) is 3.28. The summed E-state index contributed by atoms with van der Waals surface area (Å²) in [7, 11) is 3.36. The van der Waals surface area contributed by atoms with Crippen LogP contribution in [0.25, 0.3) is 5.69 Å². The Labute approximate surface area is 170 Å². The molecule has 0 aliphatic carbocycles. The van der Waals surface area contributed by atoms with Crippen molar-refractivity contribution in [2.45, 2.75) is 18.6 Å². The van der Waals surface area contributed by atoms with E-state index in [1.807, 2.05) is 37.3 Å². The maximum atomic E-state index is 12.4. The van der Waals surface area contributed by atoms with Gasteiger partial charge in [0.05, 0.1) is 23.7 Å². The van der Waals surface area contributed by atoms with Crippen molar-refractivity contribution in [1.29, 1.82) is 0 Å². The molecule has 1 amide bonds. The summed E-state index contributed by atoms with van der Waals surface area (Å²) in [6.07, 6.45) is 0. The van der Waals surface area contributed by atoms with E-state index >= 15 is 0 Å². The summed E-state index contributed by atoms with van der Waals surface area (Å²) >= 11 is 8.69. The molecular formula is C17H18ClN5O2S2. The number of aryl methyl sites for hydroxylation is 1. The summed E-state index contributed by atoms with van der Waals surface area (Å²) in [6, 6.07) is 9.51. The Morgan fingerprint density at radius 3 is 2.89 bits per heavy atom. The van der Waals surface area contributed by atoms with Crippen LogP contribution in [-0.2, 0) is 11.3 Å². The van der Waals surface area contributed by atoms with Crippen molar-refractivity contribution in [1.82, 2.24) is 25.1 Å². The van der Waals surface area contributed by atoms with Crippen molar-refractivity contribution in [3.63, 3.8) is 0 Å². The van der Waals surface area contributed by atoms with E-state index in [1.165, 1.54) is 23.1 Å². The number of thiophene rings is 1. The molecule has 3 aromatic rings. The largest absolute Gasteiger partial charge is 0.494 e. The number of rotatable bonds is 7. The van der Waals surface area contributed by atoms with Crippen LogP contribution in [0.3, 0.4) is 0 Å². The third-order valence-electron chi connectivity index (χ3n) is 3.78. The highest BCUT2D eigenvalue weighted by atomic mass is 35.5. The van der Waals surface area contributed by atoms with Gasteiger partial charge in [0.2, 0.25) is 11.1 Å². The summed E-state index contributed by atoms with van der Waals surface area (Å²) < 4.78 is 7.70. The predicted molar refractivity (Wildman–Crippen MR) is 107 cm³/mol. The van der Waals surface area contributed by atoms with Gasteiger partial charge in [-0.05, 0) is 47.2 Å². The third-order valence-corrected chi connectivity index (χ3v) is 5.90. The van der Waals surface area contributed by atoms with E-state index in [2.05, 4.69) is 15.5 Å². The lowest BCUT2D eigenvalue weighted by Crippen LogP contribution is -2.27. The summed E-state index contributed by atoms with van der Waals surface area (Å²) in [6.45, 7) is 2.50. The van der Waals surface area contributed by atoms with Crippen molar-refractivity contribution in [3.8, 4) is 11.4 Å². The van der Waals surface area contributed by atoms with E-state index in [0.717, 1.165) is 16.1 Å². The number of aromatic nitrogens is 4. The maximum Gasteiger partial charge on any atom is 0.233 e. The molecule has 27 heavy (non-hydrogen) atoms. The fraction of sp³-hybridized carbons (Fsp3) is 0.294. The van der Waals surface area contributed by atoms with Gasteiger partial charge in [-0.25, -0.2) is 0 Å². The van der Waals surface area contributed by atoms with Gasteiger partial charge in [0, 0.05) is 11.9 Å². The molecule has 0 bridgehead atoms. The first-order chi connectivity index (χ1) is 13.0. The van der Waals surface area contributed by atoms with Gasteiger partial charge in [-0.15, -0.1) is 16.4 Å². The third kappa shape index (κ3) is 4.79. The molecule has 0 radical (unpaired) electrons. The highest BCUT2D eigenvalue weighted by Gasteiger charge is 2.17. The van der Waals surface area contributed by atoms with Crippen LogP contribution in [-0.4, -0.2) is 50.9 Å². The number of hydrogen-bond acceptors (Lipinski definition) is 7. The fourth-order valence-electron chi connectivity index (χ4n) is 2.38. The molecule has 2 heterocycles. The minimum absolute atomic E-state index is 0.0183. The van der Waals surface area contributed by atoms with Crippen molar-refractivity contribution in [2.24, 2.45) is 0 Å². The molecule has 0 unspecified atom stereocenters. The van der Waals surface area contributed by atoms with E-state index in [0.29, 0.717) is 21.8 Å². The van der Waals surface area contributed by atoms with Gasteiger partial charge in [-0.1, -0.05) is 29.4 Å². The van der Waals surface area contributed by atoms with Crippen LogP contribution in [0, 0.1) is 6.92 Å². The van der Waals surface area contributed by atoms with Crippen LogP contribution in [0.4, 0.5) is 0 Å². The number of hydrogen-bond donors (Lipinski definition) is 0. The Kier molecular flexibility index (Phi) is 6.35. The zero-order valence-electron chi connectivity index (χ0n) is 15.0. The molecule has 0 spiro atoms. The lowest BCUT2D eigenvalue weighted by molar-refractivity contribution is -0.127. The van der Waals surface area contributed by atoms with Crippen LogP contribution in [0.5, 0.6) is 5.75 Å². The summed E-state index contributed by atoms with van der Waals surface area (Å²) in [5, 5.41) is 12.4. The molecule has 0 aliphatic rings. The monoisotopic (exact) mass is 423 g/mol. The van der Waals surface area contributed by atoms with Crippen LogP contribution < -0.4 is 4.74 Å². The average molecular weight is 424 g/mol. The zero-order chi connectivity index (χ0) is 19.4. The number of ether oxygens (including phenoxy) is 1. The van der Waals surface area contributed by atoms with E-state index in [9.17, 15) is 4.79 Å². The standard InChI is InChI=1S/C17H18ClN5O2S2/c1-11-4-6-14(25-3)13(8-11)23-17(19-20-21-23)26-10-16(24)22(2)9-12-5-7-15(18)27-12/h4-8H,9-10H2,1-3H3. The van der Waals surface area contributed by atoms with E-state index < -0.39 is 0 Å². The van der Waals surface area contributed by atoms with E-state index in [1.54, 1.807) is 23.7 Å². The second kappa shape index (κ2) is 8.73. The lowest BCUT2D eigenvalue weighted by atomic mass is 10.2.